The Morgan fingerprint density at radius 2 is 1.96 bits per heavy atom. The van der Waals surface area contributed by atoms with Crippen molar-refractivity contribution in [1.82, 2.24) is 9.97 Å². The van der Waals surface area contributed by atoms with Crippen molar-refractivity contribution < 1.29 is 4.74 Å². The monoisotopic (exact) mass is 398 g/mol. The normalized spacial score (nSPS) is 11.5. The maximum Gasteiger partial charge on any atom is 0.258 e. The van der Waals surface area contributed by atoms with Gasteiger partial charge >= 0.3 is 0 Å². The number of hydrogen-bond acceptors (Lipinski definition) is 3. The van der Waals surface area contributed by atoms with Gasteiger partial charge in [-0.2, -0.15) is 0 Å². The molecule has 0 aliphatic rings. The van der Waals surface area contributed by atoms with Gasteiger partial charge in [-0.15, -0.1) is 0 Å². The first-order chi connectivity index (χ1) is 13.4. The van der Waals surface area contributed by atoms with Gasteiger partial charge in [-0.1, -0.05) is 38.4 Å². The van der Waals surface area contributed by atoms with Gasteiger partial charge in [0, 0.05) is 11.6 Å². The van der Waals surface area contributed by atoms with Crippen LogP contribution < -0.4 is 5.56 Å². The van der Waals surface area contributed by atoms with E-state index in [1.165, 1.54) is 5.56 Å². The summed E-state index contributed by atoms with van der Waals surface area (Å²) >= 11 is 6.42. The van der Waals surface area contributed by atoms with Crippen LogP contribution in [0.3, 0.4) is 0 Å². The summed E-state index contributed by atoms with van der Waals surface area (Å²) in [5, 5.41) is 1.35. The van der Waals surface area contributed by atoms with Gasteiger partial charge in [0.1, 0.15) is 5.82 Å². The van der Waals surface area contributed by atoms with Crippen molar-refractivity contribution in [2.24, 2.45) is 0 Å². The molecule has 0 saturated carbocycles. The molecule has 0 radical (unpaired) electrons. The molecular formula is C23H27ClN2O2. The average molecular weight is 399 g/mol. The Bertz CT molecular complexity index is 1040. The van der Waals surface area contributed by atoms with Crippen LogP contribution in [0.1, 0.15) is 50.1 Å². The predicted octanol–water partition coefficient (Wildman–Crippen LogP) is 5.64. The molecule has 0 bridgehead atoms. The molecule has 148 valence electrons. The third-order valence-electron chi connectivity index (χ3n) is 4.84. The SMILES string of the molecule is CCCOCCc1cc(-c2cc3c(=O)[nH]c(C)nc3cc2C(C)C)ccc1Cl. The van der Waals surface area contributed by atoms with E-state index >= 15 is 0 Å². The minimum Gasteiger partial charge on any atom is -0.381 e. The van der Waals surface area contributed by atoms with Gasteiger partial charge in [-0.3, -0.25) is 4.79 Å². The average Bonchev–Trinajstić information content (AvgIpc) is 2.65. The van der Waals surface area contributed by atoms with Crippen LogP contribution in [0.2, 0.25) is 5.02 Å². The van der Waals surface area contributed by atoms with Crippen LogP contribution in [0.25, 0.3) is 22.0 Å². The van der Waals surface area contributed by atoms with E-state index in [1.54, 1.807) is 6.92 Å². The summed E-state index contributed by atoms with van der Waals surface area (Å²) in [7, 11) is 0. The smallest absolute Gasteiger partial charge is 0.258 e. The Morgan fingerprint density at radius 3 is 2.68 bits per heavy atom. The number of rotatable bonds is 7. The predicted molar refractivity (Wildman–Crippen MR) is 116 cm³/mol. The molecule has 0 fully saturated rings. The first-order valence-electron chi connectivity index (χ1n) is 9.81. The number of H-pyrrole nitrogens is 1. The molecule has 2 aromatic carbocycles. The fraction of sp³-hybridized carbons (Fsp3) is 0.391. The molecule has 0 spiro atoms. The van der Waals surface area contributed by atoms with Crippen LogP contribution in [0.4, 0.5) is 0 Å². The highest BCUT2D eigenvalue weighted by atomic mass is 35.5. The minimum atomic E-state index is -0.110. The standard InChI is InChI=1S/C23H27ClN2O2/c1-5-9-28-10-8-17-11-16(6-7-21(17)24)19-12-20-22(13-18(19)14(2)3)25-15(4)26-23(20)27/h6-7,11-14H,5,8-10H2,1-4H3,(H,25,26,27). The van der Waals surface area contributed by atoms with Crippen LogP contribution >= 0.6 is 11.6 Å². The molecule has 0 aliphatic carbocycles. The summed E-state index contributed by atoms with van der Waals surface area (Å²) in [6.07, 6.45) is 1.77. The molecule has 3 aromatic rings. The molecule has 0 unspecified atom stereocenters. The second-order valence-corrected chi connectivity index (χ2v) is 7.84. The Kier molecular flexibility index (Phi) is 6.53. The van der Waals surface area contributed by atoms with E-state index in [-0.39, 0.29) is 5.56 Å². The Labute approximate surface area is 170 Å². The first-order valence-corrected chi connectivity index (χ1v) is 10.2. The number of nitrogens with one attached hydrogen (secondary N) is 1. The molecule has 0 saturated heterocycles. The number of aromatic amines is 1. The third-order valence-corrected chi connectivity index (χ3v) is 5.21. The summed E-state index contributed by atoms with van der Waals surface area (Å²) in [6.45, 7) is 9.61. The maximum atomic E-state index is 12.5. The first kappa shape index (κ1) is 20.6. The Morgan fingerprint density at radius 1 is 1.18 bits per heavy atom. The van der Waals surface area contributed by atoms with Gasteiger partial charge in [0.25, 0.3) is 5.56 Å². The van der Waals surface area contributed by atoms with E-state index in [4.69, 9.17) is 16.3 Å². The molecule has 0 atom stereocenters. The number of ether oxygens (including phenoxy) is 1. The van der Waals surface area contributed by atoms with E-state index in [0.29, 0.717) is 23.7 Å². The van der Waals surface area contributed by atoms with E-state index in [2.05, 4.69) is 36.8 Å². The number of nitrogens with zero attached hydrogens (tertiary/aromatic N) is 1. The molecule has 1 aromatic heterocycles. The number of hydrogen-bond donors (Lipinski definition) is 1. The Balaban J connectivity index is 2.09. The summed E-state index contributed by atoms with van der Waals surface area (Å²) in [6, 6.07) is 10.0. The zero-order chi connectivity index (χ0) is 20.3. The fourth-order valence-electron chi connectivity index (χ4n) is 3.41. The molecule has 3 rings (SSSR count). The molecule has 4 nitrogen and oxygen atoms in total. The molecule has 1 N–H and O–H groups in total. The molecule has 0 aliphatic heterocycles. The Hall–Kier alpha value is -2.17. The number of aromatic nitrogens is 2. The minimum absolute atomic E-state index is 0.110. The summed E-state index contributed by atoms with van der Waals surface area (Å²) in [4.78, 5) is 19.8. The van der Waals surface area contributed by atoms with Gasteiger partial charge in [0.05, 0.1) is 17.5 Å². The van der Waals surface area contributed by atoms with Crippen molar-refractivity contribution in [3.8, 4) is 11.1 Å². The van der Waals surface area contributed by atoms with Gasteiger partial charge in [0.15, 0.2) is 0 Å². The van der Waals surface area contributed by atoms with Gasteiger partial charge in [-0.25, -0.2) is 4.98 Å². The lowest BCUT2D eigenvalue weighted by Gasteiger charge is -2.16. The highest BCUT2D eigenvalue weighted by Gasteiger charge is 2.14. The van der Waals surface area contributed by atoms with Gasteiger partial charge < -0.3 is 9.72 Å². The highest BCUT2D eigenvalue weighted by Crippen LogP contribution is 2.34. The second-order valence-electron chi connectivity index (χ2n) is 7.43. The van der Waals surface area contributed by atoms with Crippen molar-refractivity contribution in [3.63, 3.8) is 0 Å². The van der Waals surface area contributed by atoms with Crippen molar-refractivity contribution in [3.05, 3.63) is 62.7 Å². The van der Waals surface area contributed by atoms with Crippen molar-refractivity contribution in [2.75, 3.05) is 13.2 Å². The van der Waals surface area contributed by atoms with Crippen LogP contribution in [0.15, 0.2) is 35.1 Å². The zero-order valence-corrected chi connectivity index (χ0v) is 17.7. The molecule has 1 heterocycles. The van der Waals surface area contributed by atoms with Crippen molar-refractivity contribution >= 4 is 22.5 Å². The third kappa shape index (κ3) is 4.45. The maximum absolute atomic E-state index is 12.5. The van der Waals surface area contributed by atoms with E-state index in [0.717, 1.165) is 46.7 Å². The molecule has 5 heteroatoms. The summed E-state index contributed by atoms with van der Waals surface area (Å²) < 4.78 is 5.62. The van der Waals surface area contributed by atoms with E-state index in [1.807, 2.05) is 24.3 Å². The topological polar surface area (TPSA) is 55.0 Å². The second kappa shape index (κ2) is 8.89. The number of aryl methyl sites for hydroxylation is 1. The van der Waals surface area contributed by atoms with E-state index in [9.17, 15) is 4.79 Å². The lowest BCUT2D eigenvalue weighted by atomic mass is 9.90. The summed E-state index contributed by atoms with van der Waals surface area (Å²) in [5.41, 5.74) is 4.95. The van der Waals surface area contributed by atoms with Crippen LogP contribution in [-0.2, 0) is 11.2 Å². The largest absolute Gasteiger partial charge is 0.381 e. The van der Waals surface area contributed by atoms with Crippen LogP contribution in [0, 0.1) is 6.92 Å². The quantitative estimate of drug-likeness (QED) is 0.523. The lowest BCUT2D eigenvalue weighted by Crippen LogP contribution is -2.10. The molecule has 0 amide bonds. The summed E-state index contributed by atoms with van der Waals surface area (Å²) in [5.74, 6) is 0.925. The zero-order valence-electron chi connectivity index (χ0n) is 16.9. The van der Waals surface area contributed by atoms with Crippen molar-refractivity contribution in [2.45, 2.75) is 46.5 Å². The van der Waals surface area contributed by atoms with Crippen LogP contribution in [-0.4, -0.2) is 23.2 Å². The van der Waals surface area contributed by atoms with Crippen molar-refractivity contribution in [1.29, 1.82) is 0 Å². The van der Waals surface area contributed by atoms with E-state index < -0.39 is 0 Å². The number of benzene rings is 2. The molecule has 28 heavy (non-hydrogen) atoms. The fourth-order valence-corrected chi connectivity index (χ4v) is 3.62. The number of fused-ring (bicyclic) bond motifs is 1. The van der Waals surface area contributed by atoms with Crippen LogP contribution in [0.5, 0.6) is 0 Å². The molecular weight excluding hydrogens is 372 g/mol. The van der Waals surface area contributed by atoms with Gasteiger partial charge in [-0.05, 0) is 72.2 Å². The highest BCUT2D eigenvalue weighted by molar-refractivity contribution is 6.31. The van der Waals surface area contributed by atoms with Gasteiger partial charge in [0.2, 0.25) is 0 Å². The number of halogens is 1. The lowest BCUT2D eigenvalue weighted by molar-refractivity contribution is 0.138.